The van der Waals surface area contributed by atoms with Gasteiger partial charge in [0.15, 0.2) is 0 Å². The first-order chi connectivity index (χ1) is 8.54. The van der Waals surface area contributed by atoms with Crippen molar-refractivity contribution >= 4 is 0 Å². The summed E-state index contributed by atoms with van der Waals surface area (Å²) in [6.45, 7) is 10.7. The van der Waals surface area contributed by atoms with Gasteiger partial charge in [-0.3, -0.25) is 0 Å². The predicted molar refractivity (Wildman–Crippen MR) is 77.8 cm³/mol. The van der Waals surface area contributed by atoms with Crippen molar-refractivity contribution in [3.63, 3.8) is 0 Å². The molecule has 2 fully saturated rings. The van der Waals surface area contributed by atoms with E-state index >= 15 is 0 Å². The zero-order valence-electron chi connectivity index (χ0n) is 12.3. The minimum Gasteiger partial charge on any atom is -0.326 e. The minimum absolute atomic E-state index is 0.0102. The van der Waals surface area contributed by atoms with Crippen LogP contribution >= 0.6 is 0 Å². The Morgan fingerprint density at radius 2 is 1.61 bits per heavy atom. The molecule has 0 bridgehead atoms. The van der Waals surface area contributed by atoms with Crippen molar-refractivity contribution < 1.29 is 0 Å². The van der Waals surface area contributed by atoms with Gasteiger partial charge in [0, 0.05) is 11.6 Å². The molecule has 0 amide bonds. The van der Waals surface area contributed by atoms with Gasteiger partial charge in [0.25, 0.3) is 0 Å². The lowest BCUT2D eigenvalue weighted by Crippen LogP contribution is -2.47. The number of piperidine rings is 2. The van der Waals surface area contributed by atoms with Gasteiger partial charge in [-0.15, -0.1) is 0 Å². The van der Waals surface area contributed by atoms with Gasteiger partial charge < -0.3 is 15.5 Å². The van der Waals surface area contributed by atoms with Crippen molar-refractivity contribution in [2.24, 2.45) is 5.73 Å². The molecule has 18 heavy (non-hydrogen) atoms. The summed E-state index contributed by atoms with van der Waals surface area (Å²) in [5, 5.41) is 0. The molecular weight excluding hydrogens is 222 g/mol. The van der Waals surface area contributed by atoms with Gasteiger partial charge in [-0.1, -0.05) is 6.42 Å². The molecule has 2 aliphatic heterocycles. The second kappa shape index (κ2) is 6.36. The maximum absolute atomic E-state index is 6.06. The Labute approximate surface area is 113 Å². The fourth-order valence-corrected chi connectivity index (χ4v) is 3.24. The first-order valence-electron chi connectivity index (χ1n) is 7.80. The molecule has 0 aromatic carbocycles. The maximum atomic E-state index is 6.06. The van der Waals surface area contributed by atoms with E-state index in [0.717, 1.165) is 12.5 Å². The van der Waals surface area contributed by atoms with Gasteiger partial charge >= 0.3 is 0 Å². The second-order valence-electron chi connectivity index (χ2n) is 6.91. The first-order valence-corrected chi connectivity index (χ1v) is 7.80. The SMILES string of the molecule is CC(C)(N)CCN1CCC(N2CCCCC2)CC1. The highest BCUT2D eigenvalue weighted by atomic mass is 15.2. The summed E-state index contributed by atoms with van der Waals surface area (Å²) in [6.07, 6.45) is 8.13. The van der Waals surface area contributed by atoms with Gasteiger partial charge in [-0.05, 0) is 78.7 Å². The molecule has 0 aliphatic carbocycles. The summed E-state index contributed by atoms with van der Waals surface area (Å²) >= 11 is 0. The fourth-order valence-electron chi connectivity index (χ4n) is 3.24. The van der Waals surface area contributed by atoms with Crippen LogP contribution in [0.25, 0.3) is 0 Å². The van der Waals surface area contributed by atoms with Crippen molar-refractivity contribution in [2.45, 2.75) is 64.0 Å². The molecule has 106 valence electrons. The standard InChI is InChI=1S/C15H31N3/c1-15(2,16)8-13-17-11-6-14(7-12-17)18-9-4-3-5-10-18/h14H,3-13,16H2,1-2H3. The van der Waals surface area contributed by atoms with Crippen LogP contribution in [-0.4, -0.2) is 54.1 Å². The smallest absolute Gasteiger partial charge is 0.0120 e. The Kier molecular flexibility index (Phi) is 5.05. The summed E-state index contributed by atoms with van der Waals surface area (Å²) in [6, 6.07) is 0.868. The quantitative estimate of drug-likeness (QED) is 0.832. The van der Waals surface area contributed by atoms with Crippen LogP contribution in [0.4, 0.5) is 0 Å². The van der Waals surface area contributed by atoms with E-state index in [2.05, 4.69) is 23.6 Å². The van der Waals surface area contributed by atoms with Crippen molar-refractivity contribution in [2.75, 3.05) is 32.7 Å². The van der Waals surface area contributed by atoms with Gasteiger partial charge in [-0.2, -0.15) is 0 Å². The third-order valence-corrected chi connectivity index (χ3v) is 4.54. The number of nitrogens with zero attached hydrogens (tertiary/aromatic N) is 2. The zero-order valence-corrected chi connectivity index (χ0v) is 12.3. The van der Waals surface area contributed by atoms with Gasteiger partial charge in [0.2, 0.25) is 0 Å². The highest BCUT2D eigenvalue weighted by molar-refractivity contribution is 4.83. The summed E-state index contributed by atoms with van der Waals surface area (Å²) in [5.41, 5.74) is 6.05. The van der Waals surface area contributed by atoms with Gasteiger partial charge in [0.05, 0.1) is 0 Å². The molecule has 0 radical (unpaired) electrons. The van der Waals surface area contributed by atoms with E-state index in [1.807, 2.05) is 0 Å². The Balaban J connectivity index is 1.67. The molecule has 2 saturated heterocycles. The van der Waals surface area contributed by atoms with E-state index < -0.39 is 0 Å². The molecule has 0 unspecified atom stereocenters. The second-order valence-corrected chi connectivity index (χ2v) is 6.91. The highest BCUT2D eigenvalue weighted by Gasteiger charge is 2.25. The molecule has 0 spiro atoms. The normalized spacial score (nSPS) is 25.5. The minimum atomic E-state index is -0.0102. The number of rotatable bonds is 4. The molecular formula is C15H31N3. The van der Waals surface area contributed by atoms with Crippen molar-refractivity contribution in [1.29, 1.82) is 0 Å². The van der Waals surface area contributed by atoms with Crippen LogP contribution in [0.15, 0.2) is 0 Å². The Morgan fingerprint density at radius 1 is 1.00 bits per heavy atom. The van der Waals surface area contributed by atoms with Crippen molar-refractivity contribution in [3.8, 4) is 0 Å². The summed E-state index contributed by atoms with van der Waals surface area (Å²) in [7, 11) is 0. The topological polar surface area (TPSA) is 32.5 Å². The molecule has 0 aromatic rings. The number of hydrogen-bond acceptors (Lipinski definition) is 3. The Morgan fingerprint density at radius 3 is 2.17 bits per heavy atom. The number of hydrogen-bond donors (Lipinski definition) is 1. The van der Waals surface area contributed by atoms with E-state index in [4.69, 9.17) is 5.73 Å². The molecule has 0 aromatic heterocycles. The molecule has 3 nitrogen and oxygen atoms in total. The first kappa shape index (κ1) is 14.3. The van der Waals surface area contributed by atoms with Gasteiger partial charge in [-0.25, -0.2) is 0 Å². The molecule has 0 atom stereocenters. The number of nitrogens with two attached hydrogens (primary N) is 1. The lowest BCUT2D eigenvalue weighted by atomic mass is 9.98. The van der Waals surface area contributed by atoms with E-state index in [9.17, 15) is 0 Å². The predicted octanol–water partition coefficient (Wildman–Crippen LogP) is 2.06. The van der Waals surface area contributed by atoms with E-state index in [0.29, 0.717) is 0 Å². The highest BCUT2D eigenvalue weighted by Crippen LogP contribution is 2.21. The lowest BCUT2D eigenvalue weighted by Gasteiger charge is -2.40. The Hall–Kier alpha value is -0.120. The molecule has 2 rings (SSSR count). The van der Waals surface area contributed by atoms with Crippen molar-refractivity contribution in [3.05, 3.63) is 0 Å². The average Bonchev–Trinajstić information content (AvgIpc) is 2.37. The van der Waals surface area contributed by atoms with Crippen LogP contribution in [0.1, 0.15) is 52.4 Å². The molecule has 0 saturated carbocycles. The number of likely N-dealkylation sites (tertiary alicyclic amines) is 2. The van der Waals surface area contributed by atoms with Crippen LogP contribution < -0.4 is 5.73 Å². The molecule has 2 aliphatic rings. The third kappa shape index (κ3) is 4.52. The molecule has 2 heterocycles. The van der Waals surface area contributed by atoms with E-state index in [-0.39, 0.29) is 5.54 Å². The fraction of sp³-hybridized carbons (Fsp3) is 1.00. The zero-order chi connectivity index (χ0) is 13.0. The van der Waals surface area contributed by atoms with Crippen LogP contribution in [0.2, 0.25) is 0 Å². The van der Waals surface area contributed by atoms with Crippen LogP contribution in [-0.2, 0) is 0 Å². The van der Waals surface area contributed by atoms with E-state index in [1.165, 1.54) is 64.8 Å². The third-order valence-electron chi connectivity index (χ3n) is 4.54. The van der Waals surface area contributed by atoms with Crippen LogP contribution in [0, 0.1) is 0 Å². The molecule has 2 N–H and O–H groups in total. The maximum Gasteiger partial charge on any atom is 0.0120 e. The largest absolute Gasteiger partial charge is 0.326 e. The van der Waals surface area contributed by atoms with Gasteiger partial charge in [0.1, 0.15) is 0 Å². The molecule has 3 heteroatoms. The monoisotopic (exact) mass is 253 g/mol. The average molecular weight is 253 g/mol. The van der Waals surface area contributed by atoms with Crippen LogP contribution in [0.3, 0.4) is 0 Å². The summed E-state index contributed by atoms with van der Waals surface area (Å²) < 4.78 is 0. The lowest BCUT2D eigenvalue weighted by molar-refractivity contribution is 0.0898. The van der Waals surface area contributed by atoms with Crippen LogP contribution in [0.5, 0.6) is 0 Å². The summed E-state index contributed by atoms with van der Waals surface area (Å²) in [5.74, 6) is 0. The van der Waals surface area contributed by atoms with Crippen molar-refractivity contribution in [1.82, 2.24) is 9.80 Å². The Bertz CT molecular complexity index is 233. The summed E-state index contributed by atoms with van der Waals surface area (Å²) in [4.78, 5) is 5.35. The van der Waals surface area contributed by atoms with E-state index in [1.54, 1.807) is 0 Å².